The van der Waals surface area contributed by atoms with Gasteiger partial charge in [0.05, 0.1) is 11.7 Å². The Morgan fingerprint density at radius 3 is 2.57 bits per heavy atom. The van der Waals surface area contributed by atoms with Crippen LogP contribution in [0.1, 0.15) is 53.4 Å². The van der Waals surface area contributed by atoms with E-state index in [1.54, 1.807) is 0 Å². The van der Waals surface area contributed by atoms with Crippen LogP contribution < -0.4 is 5.73 Å². The molecular weight excluding hydrogens is 174 g/mol. The predicted molar refractivity (Wildman–Crippen MR) is 60.2 cm³/mol. The van der Waals surface area contributed by atoms with Crippen molar-refractivity contribution in [1.82, 2.24) is 0 Å². The van der Waals surface area contributed by atoms with Gasteiger partial charge in [-0.2, -0.15) is 0 Å². The maximum absolute atomic E-state index is 6.01. The molecule has 1 aliphatic heterocycles. The molecule has 0 amide bonds. The number of rotatable bonds is 4. The van der Waals surface area contributed by atoms with Gasteiger partial charge < -0.3 is 10.5 Å². The maximum Gasteiger partial charge on any atom is 0.0631 e. The quantitative estimate of drug-likeness (QED) is 0.755. The summed E-state index contributed by atoms with van der Waals surface area (Å²) in [5, 5.41) is 0. The van der Waals surface area contributed by atoms with Gasteiger partial charge in [-0.25, -0.2) is 0 Å². The first-order chi connectivity index (χ1) is 6.44. The molecule has 0 aromatic carbocycles. The first-order valence-electron chi connectivity index (χ1n) is 5.88. The summed E-state index contributed by atoms with van der Waals surface area (Å²) in [7, 11) is 0. The van der Waals surface area contributed by atoms with E-state index in [4.69, 9.17) is 10.5 Å². The van der Waals surface area contributed by atoms with Crippen molar-refractivity contribution in [3.8, 4) is 0 Å². The largest absolute Gasteiger partial charge is 0.372 e. The third-order valence-corrected chi connectivity index (χ3v) is 3.39. The van der Waals surface area contributed by atoms with Crippen LogP contribution in [-0.2, 0) is 4.74 Å². The van der Waals surface area contributed by atoms with E-state index in [2.05, 4.69) is 27.7 Å². The van der Waals surface area contributed by atoms with Gasteiger partial charge in [0.15, 0.2) is 0 Å². The molecule has 3 atom stereocenters. The fourth-order valence-electron chi connectivity index (χ4n) is 2.24. The first kappa shape index (κ1) is 12.0. The molecule has 1 fully saturated rings. The molecule has 0 radical (unpaired) electrons. The second-order valence-electron chi connectivity index (χ2n) is 5.32. The Hall–Kier alpha value is -0.0800. The second kappa shape index (κ2) is 4.63. The number of nitrogens with two attached hydrogens (primary N) is 1. The fraction of sp³-hybridized carbons (Fsp3) is 1.00. The third-order valence-electron chi connectivity index (χ3n) is 3.39. The second-order valence-corrected chi connectivity index (χ2v) is 5.32. The minimum atomic E-state index is 0.0979. The number of hydrogen-bond acceptors (Lipinski definition) is 2. The van der Waals surface area contributed by atoms with Crippen molar-refractivity contribution in [2.75, 3.05) is 0 Å². The summed E-state index contributed by atoms with van der Waals surface area (Å²) < 4.78 is 5.96. The van der Waals surface area contributed by atoms with Crippen molar-refractivity contribution in [3.05, 3.63) is 0 Å². The average molecular weight is 199 g/mol. The van der Waals surface area contributed by atoms with Gasteiger partial charge in [0.25, 0.3) is 0 Å². The van der Waals surface area contributed by atoms with Crippen LogP contribution >= 0.6 is 0 Å². The summed E-state index contributed by atoms with van der Waals surface area (Å²) in [5.74, 6) is 0.582. The maximum atomic E-state index is 6.01. The van der Waals surface area contributed by atoms with E-state index in [0.29, 0.717) is 18.1 Å². The SMILES string of the molecule is CCC(N)C(C)CC1CCC(C)(C)O1. The van der Waals surface area contributed by atoms with Gasteiger partial charge in [-0.1, -0.05) is 13.8 Å². The molecule has 3 unspecified atom stereocenters. The van der Waals surface area contributed by atoms with Gasteiger partial charge >= 0.3 is 0 Å². The van der Waals surface area contributed by atoms with Gasteiger partial charge in [-0.3, -0.25) is 0 Å². The van der Waals surface area contributed by atoms with E-state index in [9.17, 15) is 0 Å². The Kier molecular flexibility index (Phi) is 3.96. The van der Waals surface area contributed by atoms with Crippen molar-refractivity contribution < 1.29 is 4.74 Å². The summed E-state index contributed by atoms with van der Waals surface area (Å²) in [6.45, 7) is 8.75. The molecule has 0 spiro atoms. The third kappa shape index (κ3) is 3.25. The van der Waals surface area contributed by atoms with Crippen LogP contribution in [0.4, 0.5) is 0 Å². The van der Waals surface area contributed by atoms with Gasteiger partial charge in [-0.15, -0.1) is 0 Å². The van der Waals surface area contributed by atoms with Crippen molar-refractivity contribution >= 4 is 0 Å². The molecule has 1 aliphatic rings. The van der Waals surface area contributed by atoms with Crippen LogP contribution in [0.25, 0.3) is 0 Å². The molecule has 2 nitrogen and oxygen atoms in total. The summed E-state index contributed by atoms with van der Waals surface area (Å²) in [5.41, 5.74) is 6.10. The lowest BCUT2D eigenvalue weighted by Crippen LogP contribution is -2.30. The van der Waals surface area contributed by atoms with Gasteiger partial charge in [0, 0.05) is 6.04 Å². The predicted octanol–water partition coefficient (Wildman–Crippen LogP) is 2.71. The minimum absolute atomic E-state index is 0.0979. The van der Waals surface area contributed by atoms with Crippen LogP contribution in [0.3, 0.4) is 0 Å². The zero-order valence-corrected chi connectivity index (χ0v) is 10.0. The molecular formula is C12H25NO. The van der Waals surface area contributed by atoms with Crippen LogP contribution in [0.5, 0.6) is 0 Å². The molecule has 1 heterocycles. The van der Waals surface area contributed by atoms with Crippen LogP contribution in [0.2, 0.25) is 0 Å². The van der Waals surface area contributed by atoms with Gasteiger partial charge in [0.1, 0.15) is 0 Å². The standard InChI is InChI=1S/C12H25NO/c1-5-11(13)9(2)8-10-6-7-12(3,4)14-10/h9-11H,5-8,13H2,1-4H3. The fourth-order valence-corrected chi connectivity index (χ4v) is 2.24. The van der Waals surface area contributed by atoms with E-state index < -0.39 is 0 Å². The summed E-state index contributed by atoms with van der Waals surface area (Å²) in [6, 6.07) is 0.335. The molecule has 0 saturated carbocycles. The van der Waals surface area contributed by atoms with E-state index in [1.165, 1.54) is 12.8 Å². The molecule has 84 valence electrons. The Morgan fingerprint density at radius 2 is 2.14 bits per heavy atom. The highest BCUT2D eigenvalue weighted by Gasteiger charge is 2.32. The van der Waals surface area contributed by atoms with Crippen molar-refractivity contribution in [1.29, 1.82) is 0 Å². The summed E-state index contributed by atoms with van der Waals surface area (Å²) in [4.78, 5) is 0. The van der Waals surface area contributed by atoms with E-state index in [-0.39, 0.29) is 5.60 Å². The Labute approximate surface area is 88.2 Å². The minimum Gasteiger partial charge on any atom is -0.372 e. The molecule has 2 heteroatoms. The lowest BCUT2D eigenvalue weighted by Gasteiger charge is -2.24. The average Bonchev–Trinajstić information content (AvgIpc) is 2.44. The molecule has 2 N–H and O–H groups in total. The normalized spacial score (nSPS) is 30.2. The highest BCUT2D eigenvalue weighted by molar-refractivity contribution is 4.83. The molecule has 1 saturated heterocycles. The molecule has 0 aromatic heterocycles. The van der Waals surface area contributed by atoms with Crippen molar-refractivity contribution in [3.63, 3.8) is 0 Å². The zero-order chi connectivity index (χ0) is 10.8. The van der Waals surface area contributed by atoms with E-state index in [1.807, 2.05) is 0 Å². The van der Waals surface area contributed by atoms with E-state index in [0.717, 1.165) is 12.8 Å². The highest BCUT2D eigenvalue weighted by Crippen LogP contribution is 2.32. The van der Waals surface area contributed by atoms with Crippen LogP contribution in [0, 0.1) is 5.92 Å². The smallest absolute Gasteiger partial charge is 0.0631 e. The number of hydrogen-bond donors (Lipinski definition) is 1. The highest BCUT2D eigenvalue weighted by atomic mass is 16.5. The molecule has 14 heavy (non-hydrogen) atoms. The lowest BCUT2D eigenvalue weighted by molar-refractivity contribution is -0.0249. The topological polar surface area (TPSA) is 35.2 Å². The number of ether oxygens (including phenoxy) is 1. The zero-order valence-electron chi connectivity index (χ0n) is 10.0. The van der Waals surface area contributed by atoms with Gasteiger partial charge in [0.2, 0.25) is 0 Å². The van der Waals surface area contributed by atoms with Crippen molar-refractivity contribution in [2.24, 2.45) is 11.7 Å². The molecule has 0 aromatic rings. The van der Waals surface area contributed by atoms with E-state index >= 15 is 0 Å². The summed E-state index contributed by atoms with van der Waals surface area (Å²) >= 11 is 0. The monoisotopic (exact) mass is 199 g/mol. The summed E-state index contributed by atoms with van der Waals surface area (Å²) in [6.07, 6.45) is 5.02. The van der Waals surface area contributed by atoms with Crippen molar-refractivity contribution in [2.45, 2.75) is 71.1 Å². The molecule has 0 bridgehead atoms. The van der Waals surface area contributed by atoms with Crippen LogP contribution in [-0.4, -0.2) is 17.7 Å². The Bertz CT molecular complexity index is 179. The molecule has 1 rings (SSSR count). The van der Waals surface area contributed by atoms with Crippen LogP contribution in [0.15, 0.2) is 0 Å². The Balaban J connectivity index is 2.32. The molecule has 0 aliphatic carbocycles. The Morgan fingerprint density at radius 1 is 1.50 bits per heavy atom. The lowest BCUT2D eigenvalue weighted by atomic mass is 9.93. The van der Waals surface area contributed by atoms with Gasteiger partial charge in [-0.05, 0) is 45.4 Å². The first-order valence-corrected chi connectivity index (χ1v) is 5.88.